The third kappa shape index (κ3) is 5.18. The minimum Gasteiger partial charge on any atom is -0.354 e. The Bertz CT molecular complexity index is 559. The zero-order chi connectivity index (χ0) is 16.1. The van der Waals surface area contributed by atoms with E-state index in [-0.39, 0.29) is 17.7 Å². The summed E-state index contributed by atoms with van der Waals surface area (Å²) >= 11 is 12.0. The number of hydrogen-bond acceptors (Lipinski definition) is 2. The van der Waals surface area contributed by atoms with Crippen LogP contribution in [0.5, 0.6) is 0 Å². The number of halogens is 2. The topological polar surface area (TPSA) is 49.4 Å². The van der Waals surface area contributed by atoms with E-state index >= 15 is 0 Å². The number of amides is 2. The molecule has 120 valence electrons. The van der Waals surface area contributed by atoms with Crippen molar-refractivity contribution in [3.05, 3.63) is 33.8 Å². The number of rotatable bonds is 7. The van der Waals surface area contributed by atoms with E-state index in [0.717, 1.165) is 18.4 Å². The molecular formula is C16H20Cl2N2O2. The van der Waals surface area contributed by atoms with Gasteiger partial charge in [0, 0.05) is 42.5 Å². The first-order valence-electron chi connectivity index (χ1n) is 7.44. The third-order valence-corrected chi connectivity index (χ3v) is 4.33. The zero-order valence-corrected chi connectivity index (χ0v) is 14.1. The van der Waals surface area contributed by atoms with Gasteiger partial charge in [-0.25, -0.2) is 0 Å². The van der Waals surface area contributed by atoms with Gasteiger partial charge in [-0.05, 0) is 37.0 Å². The van der Waals surface area contributed by atoms with E-state index in [2.05, 4.69) is 5.32 Å². The second-order valence-electron chi connectivity index (χ2n) is 5.56. The number of nitrogens with one attached hydrogen (secondary N) is 1. The van der Waals surface area contributed by atoms with E-state index in [0.29, 0.717) is 36.1 Å². The van der Waals surface area contributed by atoms with Crippen molar-refractivity contribution in [2.24, 2.45) is 5.92 Å². The molecule has 1 aliphatic rings. The van der Waals surface area contributed by atoms with Crippen molar-refractivity contribution < 1.29 is 9.59 Å². The molecule has 0 aromatic heterocycles. The summed E-state index contributed by atoms with van der Waals surface area (Å²) in [5, 5.41) is 4.08. The molecule has 0 saturated heterocycles. The summed E-state index contributed by atoms with van der Waals surface area (Å²) in [6, 6.07) is 5.36. The van der Waals surface area contributed by atoms with Crippen LogP contribution in [0, 0.1) is 5.92 Å². The van der Waals surface area contributed by atoms with E-state index in [1.165, 1.54) is 6.92 Å². The van der Waals surface area contributed by atoms with Gasteiger partial charge in [0.15, 0.2) is 0 Å². The molecule has 22 heavy (non-hydrogen) atoms. The second kappa shape index (κ2) is 7.84. The van der Waals surface area contributed by atoms with E-state index in [1.807, 2.05) is 6.07 Å². The van der Waals surface area contributed by atoms with Crippen molar-refractivity contribution >= 4 is 35.0 Å². The fraction of sp³-hybridized carbons (Fsp3) is 0.500. The van der Waals surface area contributed by atoms with Gasteiger partial charge in [0.1, 0.15) is 0 Å². The minimum absolute atomic E-state index is 0.00856. The Kier molecular flexibility index (Phi) is 6.09. The van der Waals surface area contributed by atoms with Crippen LogP contribution in [0.15, 0.2) is 18.2 Å². The molecule has 0 unspecified atom stereocenters. The van der Waals surface area contributed by atoms with Crippen molar-refractivity contribution in [3.8, 4) is 0 Å². The number of carbonyl (C=O) groups is 2. The summed E-state index contributed by atoms with van der Waals surface area (Å²) in [5.41, 5.74) is 0.958. The van der Waals surface area contributed by atoms with E-state index < -0.39 is 0 Å². The predicted molar refractivity (Wildman–Crippen MR) is 88.2 cm³/mol. The van der Waals surface area contributed by atoms with Crippen LogP contribution in [0.3, 0.4) is 0 Å². The van der Waals surface area contributed by atoms with Crippen LogP contribution in [0.2, 0.25) is 10.0 Å². The minimum atomic E-state index is -0.00856. The number of hydrogen-bond donors (Lipinski definition) is 1. The average Bonchev–Trinajstić information content (AvgIpc) is 3.28. The molecule has 1 aromatic rings. The van der Waals surface area contributed by atoms with Crippen molar-refractivity contribution in [2.45, 2.75) is 26.2 Å². The van der Waals surface area contributed by atoms with Crippen molar-refractivity contribution in [1.29, 1.82) is 0 Å². The summed E-state index contributed by atoms with van der Waals surface area (Å²) < 4.78 is 0. The highest BCUT2D eigenvalue weighted by Crippen LogP contribution is 2.28. The third-order valence-electron chi connectivity index (χ3n) is 3.74. The largest absolute Gasteiger partial charge is 0.354 e. The van der Waals surface area contributed by atoms with Crippen molar-refractivity contribution in [2.75, 3.05) is 19.6 Å². The van der Waals surface area contributed by atoms with Crippen LogP contribution in [-0.4, -0.2) is 36.3 Å². The highest BCUT2D eigenvalue weighted by molar-refractivity contribution is 6.35. The lowest BCUT2D eigenvalue weighted by Gasteiger charge is -2.21. The molecule has 1 aromatic carbocycles. The Balaban J connectivity index is 1.80. The molecular weight excluding hydrogens is 323 g/mol. The molecule has 1 N–H and O–H groups in total. The SMILES string of the molecule is CC(=O)N(CCNC(=O)C1CC1)CCc1ccc(Cl)cc1Cl. The van der Waals surface area contributed by atoms with Crippen LogP contribution >= 0.6 is 23.2 Å². The molecule has 6 heteroatoms. The fourth-order valence-electron chi connectivity index (χ4n) is 2.21. The molecule has 2 amide bonds. The van der Waals surface area contributed by atoms with Gasteiger partial charge in [0.25, 0.3) is 0 Å². The van der Waals surface area contributed by atoms with Crippen LogP contribution in [-0.2, 0) is 16.0 Å². The van der Waals surface area contributed by atoms with Crippen LogP contribution in [0.25, 0.3) is 0 Å². The Labute approximate surface area is 140 Å². The lowest BCUT2D eigenvalue weighted by Crippen LogP contribution is -2.39. The van der Waals surface area contributed by atoms with Crippen molar-refractivity contribution in [3.63, 3.8) is 0 Å². The van der Waals surface area contributed by atoms with Gasteiger partial charge in [-0.1, -0.05) is 29.3 Å². The monoisotopic (exact) mass is 342 g/mol. The quantitative estimate of drug-likeness (QED) is 0.828. The first kappa shape index (κ1) is 17.1. The molecule has 0 spiro atoms. The van der Waals surface area contributed by atoms with Gasteiger partial charge < -0.3 is 10.2 Å². The first-order chi connectivity index (χ1) is 10.5. The summed E-state index contributed by atoms with van der Waals surface area (Å²) in [6.45, 7) is 3.10. The van der Waals surface area contributed by atoms with Gasteiger partial charge in [-0.3, -0.25) is 9.59 Å². The molecule has 4 nitrogen and oxygen atoms in total. The summed E-state index contributed by atoms with van der Waals surface area (Å²) in [5.74, 6) is 0.286. The maximum absolute atomic E-state index is 11.7. The number of benzene rings is 1. The van der Waals surface area contributed by atoms with Gasteiger partial charge in [-0.15, -0.1) is 0 Å². The maximum atomic E-state index is 11.7. The average molecular weight is 343 g/mol. The maximum Gasteiger partial charge on any atom is 0.223 e. The molecule has 1 saturated carbocycles. The van der Waals surface area contributed by atoms with Crippen LogP contribution < -0.4 is 5.32 Å². The highest BCUT2D eigenvalue weighted by Gasteiger charge is 2.29. The Morgan fingerprint density at radius 3 is 2.59 bits per heavy atom. The Hall–Kier alpha value is -1.26. The summed E-state index contributed by atoms with van der Waals surface area (Å²) in [4.78, 5) is 25.0. The smallest absolute Gasteiger partial charge is 0.223 e. The second-order valence-corrected chi connectivity index (χ2v) is 6.40. The highest BCUT2D eigenvalue weighted by atomic mass is 35.5. The van der Waals surface area contributed by atoms with E-state index in [4.69, 9.17) is 23.2 Å². The predicted octanol–water partition coefficient (Wildman–Crippen LogP) is 2.91. The molecule has 0 radical (unpaired) electrons. The molecule has 2 rings (SSSR count). The van der Waals surface area contributed by atoms with Crippen LogP contribution in [0.4, 0.5) is 0 Å². The fourth-order valence-corrected chi connectivity index (χ4v) is 2.71. The molecule has 1 aliphatic carbocycles. The Morgan fingerprint density at radius 1 is 1.27 bits per heavy atom. The van der Waals surface area contributed by atoms with E-state index in [1.54, 1.807) is 17.0 Å². The summed E-state index contributed by atoms with van der Waals surface area (Å²) in [7, 11) is 0. The Morgan fingerprint density at radius 2 is 2.00 bits per heavy atom. The normalized spacial score (nSPS) is 13.8. The molecule has 0 bridgehead atoms. The van der Waals surface area contributed by atoms with Crippen LogP contribution in [0.1, 0.15) is 25.3 Å². The van der Waals surface area contributed by atoms with Crippen molar-refractivity contribution in [1.82, 2.24) is 10.2 Å². The lowest BCUT2D eigenvalue weighted by molar-refractivity contribution is -0.129. The lowest BCUT2D eigenvalue weighted by atomic mass is 10.1. The van der Waals surface area contributed by atoms with Gasteiger partial charge in [0.05, 0.1) is 0 Å². The van der Waals surface area contributed by atoms with E-state index in [9.17, 15) is 9.59 Å². The molecule has 0 aliphatic heterocycles. The molecule has 1 fully saturated rings. The van der Waals surface area contributed by atoms with Gasteiger partial charge in [0.2, 0.25) is 11.8 Å². The molecule has 0 atom stereocenters. The van der Waals surface area contributed by atoms with Gasteiger partial charge in [-0.2, -0.15) is 0 Å². The number of carbonyl (C=O) groups excluding carboxylic acids is 2. The standard InChI is InChI=1S/C16H20Cl2N2O2/c1-11(21)20(9-7-19-16(22)13-2-3-13)8-6-12-4-5-14(17)10-15(12)18/h4-5,10,13H,2-3,6-9H2,1H3,(H,19,22). The molecule has 0 heterocycles. The van der Waals surface area contributed by atoms with Gasteiger partial charge >= 0.3 is 0 Å². The zero-order valence-electron chi connectivity index (χ0n) is 12.6. The number of nitrogens with zero attached hydrogens (tertiary/aromatic N) is 1. The first-order valence-corrected chi connectivity index (χ1v) is 8.20. The summed E-state index contributed by atoms with van der Waals surface area (Å²) in [6.07, 6.45) is 2.63.